The average Bonchev–Trinajstić information content (AvgIpc) is 2.76. The third-order valence-electron chi connectivity index (χ3n) is 3.82. The summed E-state index contributed by atoms with van der Waals surface area (Å²) < 4.78 is 7.29. The Kier molecular flexibility index (Phi) is 3.40. The van der Waals surface area contributed by atoms with Gasteiger partial charge in [-0.1, -0.05) is 0 Å². The number of hydrogen-bond acceptors (Lipinski definition) is 5. The normalized spacial score (nSPS) is 15.7. The number of anilines is 1. The molecule has 0 radical (unpaired) electrons. The van der Waals surface area contributed by atoms with Crippen molar-refractivity contribution < 1.29 is 4.74 Å². The Bertz CT molecular complexity index is 616. The Morgan fingerprint density at radius 2 is 1.65 bits per heavy atom. The van der Waals surface area contributed by atoms with Crippen molar-refractivity contribution in [3.63, 3.8) is 0 Å². The summed E-state index contributed by atoms with van der Waals surface area (Å²) in [4.78, 5) is 11.2. The topological polar surface area (TPSA) is 56.1 Å². The van der Waals surface area contributed by atoms with Crippen LogP contribution in [0.5, 0.6) is 0 Å². The second-order valence-corrected chi connectivity index (χ2v) is 5.01. The highest BCUT2D eigenvalue weighted by atomic mass is 16.5. The average molecular weight is 273 g/mol. The van der Waals surface area contributed by atoms with Gasteiger partial charge >= 0.3 is 0 Å². The van der Waals surface area contributed by atoms with Gasteiger partial charge in [-0.3, -0.25) is 0 Å². The number of aryl methyl sites for hydroxylation is 1. The van der Waals surface area contributed by atoms with E-state index < -0.39 is 0 Å². The van der Waals surface area contributed by atoms with E-state index in [1.807, 2.05) is 11.6 Å². The van der Waals surface area contributed by atoms with E-state index >= 15 is 0 Å². The van der Waals surface area contributed by atoms with Crippen LogP contribution in [0.3, 0.4) is 0 Å². The van der Waals surface area contributed by atoms with E-state index in [2.05, 4.69) is 33.8 Å². The standard InChI is InChI=1S/C14H19N5O/c1-10-11(2)17-19(12(10)3)14-13(15-4-5-16-14)18-6-8-20-9-7-18/h4-5H,6-9H2,1-3H3. The summed E-state index contributed by atoms with van der Waals surface area (Å²) in [6.45, 7) is 9.29. The molecule has 0 spiro atoms. The van der Waals surface area contributed by atoms with Gasteiger partial charge in [0, 0.05) is 31.2 Å². The lowest BCUT2D eigenvalue weighted by molar-refractivity contribution is 0.122. The van der Waals surface area contributed by atoms with Gasteiger partial charge in [0.15, 0.2) is 11.6 Å². The van der Waals surface area contributed by atoms with Crippen molar-refractivity contribution in [2.75, 3.05) is 31.2 Å². The van der Waals surface area contributed by atoms with Gasteiger partial charge in [0.05, 0.1) is 18.9 Å². The molecule has 2 aromatic heterocycles. The van der Waals surface area contributed by atoms with Crippen molar-refractivity contribution in [3.8, 4) is 5.82 Å². The van der Waals surface area contributed by atoms with E-state index in [0.717, 1.165) is 49.3 Å². The fourth-order valence-electron chi connectivity index (χ4n) is 2.40. The molecule has 0 aliphatic carbocycles. The van der Waals surface area contributed by atoms with Crippen LogP contribution in [-0.2, 0) is 4.74 Å². The molecular weight excluding hydrogens is 254 g/mol. The third-order valence-corrected chi connectivity index (χ3v) is 3.82. The van der Waals surface area contributed by atoms with Gasteiger partial charge in [-0.25, -0.2) is 14.6 Å². The predicted octanol–water partition coefficient (Wildman–Crippen LogP) is 1.42. The number of morpholine rings is 1. The third kappa shape index (κ3) is 2.16. The molecule has 3 heterocycles. The molecule has 0 N–H and O–H groups in total. The zero-order valence-electron chi connectivity index (χ0n) is 12.1. The predicted molar refractivity (Wildman–Crippen MR) is 76.4 cm³/mol. The van der Waals surface area contributed by atoms with Crippen molar-refractivity contribution in [3.05, 3.63) is 29.3 Å². The smallest absolute Gasteiger partial charge is 0.197 e. The molecule has 0 amide bonds. The summed E-state index contributed by atoms with van der Waals surface area (Å²) in [5, 5.41) is 4.59. The molecule has 1 aliphatic heterocycles. The minimum absolute atomic E-state index is 0.728. The molecule has 106 valence electrons. The first-order valence-electron chi connectivity index (χ1n) is 6.85. The second kappa shape index (κ2) is 5.20. The molecular formula is C14H19N5O. The first-order valence-corrected chi connectivity index (χ1v) is 6.85. The molecule has 6 nitrogen and oxygen atoms in total. The molecule has 2 aromatic rings. The first kappa shape index (κ1) is 13.1. The lowest BCUT2D eigenvalue weighted by Gasteiger charge is -2.28. The number of rotatable bonds is 2. The Labute approximate surface area is 118 Å². The minimum Gasteiger partial charge on any atom is -0.378 e. The van der Waals surface area contributed by atoms with Crippen molar-refractivity contribution in [1.82, 2.24) is 19.7 Å². The fourth-order valence-corrected chi connectivity index (χ4v) is 2.40. The Hall–Kier alpha value is -1.95. The van der Waals surface area contributed by atoms with Crippen LogP contribution >= 0.6 is 0 Å². The summed E-state index contributed by atoms with van der Waals surface area (Å²) in [6.07, 6.45) is 3.44. The van der Waals surface area contributed by atoms with Gasteiger partial charge < -0.3 is 9.64 Å². The zero-order valence-corrected chi connectivity index (χ0v) is 12.1. The van der Waals surface area contributed by atoms with Crippen LogP contribution in [0.4, 0.5) is 5.82 Å². The van der Waals surface area contributed by atoms with Crippen LogP contribution in [0.25, 0.3) is 5.82 Å². The van der Waals surface area contributed by atoms with Crippen molar-refractivity contribution >= 4 is 5.82 Å². The maximum atomic E-state index is 5.40. The van der Waals surface area contributed by atoms with Gasteiger partial charge in [0.2, 0.25) is 0 Å². The Morgan fingerprint density at radius 1 is 1.00 bits per heavy atom. The molecule has 3 rings (SSSR count). The molecule has 20 heavy (non-hydrogen) atoms. The molecule has 0 bridgehead atoms. The monoisotopic (exact) mass is 273 g/mol. The summed E-state index contributed by atoms with van der Waals surface area (Å²) in [5.41, 5.74) is 3.34. The highest BCUT2D eigenvalue weighted by Gasteiger charge is 2.20. The molecule has 6 heteroatoms. The van der Waals surface area contributed by atoms with Crippen molar-refractivity contribution in [1.29, 1.82) is 0 Å². The first-order chi connectivity index (χ1) is 9.68. The van der Waals surface area contributed by atoms with E-state index in [4.69, 9.17) is 4.74 Å². The maximum absolute atomic E-state index is 5.40. The van der Waals surface area contributed by atoms with Crippen LogP contribution in [0, 0.1) is 20.8 Å². The minimum atomic E-state index is 0.728. The van der Waals surface area contributed by atoms with Crippen LogP contribution in [0.15, 0.2) is 12.4 Å². The van der Waals surface area contributed by atoms with E-state index in [0.29, 0.717) is 0 Å². The van der Waals surface area contributed by atoms with Crippen molar-refractivity contribution in [2.24, 2.45) is 0 Å². The van der Waals surface area contributed by atoms with Crippen LogP contribution in [0.2, 0.25) is 0 Å². The quantitative estimate of drug-likeness (QED) is 0.828. The summed E-state index contributed by atoms with van der Waals surface area (Å²) in [5.74, 6) is 1.67. The number of ether oxygens (including phenoxy) is 1. The fraction of sp³-hybridized carbons (Fsp3) is 0.500. The molecule has 0 aromatic carbocycles. The molecule has 0 atom stereocenters. The lowest BCUT2D eigenvalue weighted by atomic mass is 10.2. The Morgan fingerprint density at radius 3 is 2.25 bits per heavy atom. The van der Waals surface area contributed by atoms with Gasteiger partial charge in [0.25, 0.3) is 0 Å². The lowest BCUT2D eigenvalue weighted by Crippen LogP contribution is -2.37. The van der Waals surface area contributed by atoms with Crippen molar-refractivity contribution in [2.45, 2.75) is 20.8 Å². The largest absolute Gasteiger partial charge is 0.378 e. The van der Waals surface area contributed by atoms with Gasteiger partial charge in [-0.15, -0.1) is 0 Å². The molecule has 0 saturated carbocycles. The molecule has 1 saturated heterocycles. The van der Waals surface area contributed by atoms with E-state index in [1.54, 1.807) is 12.4 Å². The SMILES string of the molecule is Cc1nn(-c2nccnc2N2CCOCC2)c(C)c1C. The van der Waals surface area contributed by atoms with Crippen LogP contribution < -0.4 is 4.90 Å². The highest BCUT2D eigenvalue weighted by molar-refractivity contribution is 5.53. The van der Waals surface area contributed by atoms with Crippen LogP contribution in [0.1, 0.15) is 17.0 Å². The molecule has 1 aliphatic rings. The number of aromatic nitrogens is 4. The zero-order chi connectivity index (χ0) is 14.1. The van der Waals surface area contributed by atoms with Gasteiger partial charge in [-0.05, 0) is 26.3 Å². The Balaban J connectivity index is 2.07. The van der Waals surface area contributed by atoms with E-state index in [1.165, 1.54) is 5.56 Å². The van der Waals surface area contributed by atoms with E-state index in [-0.39, 0.29) is 0 Å². The molecule has 1 fully saturated rings. The highest BCUT2D eigenvalue weighted by Crippen LogP contribution is 2.23. The summed E-state index contributed by atoms with van der Waals surface area (Å²) in [7, 11) is 0. The summed E-state index contributed by atoms with van der Waals surface area (Å²) in [6, 6.07) is 0. The maximum Gasteiger partial charge on any atom is 0.197 e. The summed E-state index contributed by atoms with van der Waals surface area (Å²) >= 11 is 0. The molecule has 0 unspecified atom stereocenters. The van der Waals surface area contributed by atoms with Crippen LogP contribution in [-0.4, -0.2) is 46.1 Å². The van der Waals surface area contributed by atoms with Gasteiger partial charge in [0.1, 0.15) is 0 Å². The number of hydrogen-bond donors (Lipinski definition) is 0. The number of nitrogens with zero attached hydrogens (tertiary/aromatic N) is 5. The second-order valence-electron chi connectivity index (χ2n) is 5.01. The van der Waals surface area contributed by atoms with E-state index in [9.17, 15) is 0 Å². The van der Waals surface area contributed by atoms with Gasteiger partial charge in [-0.2, -0.15) is 5.10 Å².